The van der Waals surface area contributed by atoms with Gasteiger partial charge in [-0.3, -0.25) is 4.90 Å². The summed E-state index contributed by atoms with van der Waals surface area (Å²) in [6, 6.07) is 10.8. The lowest BCUT2D eigenvalue weighted by atomic mass is 9.97. The number of likely N-dealkylation sites (tertiary alicyclic amines) is 1. The molecule has 1 aliphatic heterocycles. The van der Waals surface area contributed by atoms with Gasteiger partial charge in [-0.15, -0.1) is 0 Å². The van der Waals surface area contributed by atoms with E-state index in [9.17, 15) is 0 Å². The molecule has 3 heteroatoms. The fourth-order valence-electron chi connectivity index (χ4n) is 2.74. The zero-order valence-corrected chi connectivity index (χ0v) is 11.7. The average molecular weight is 260 g/mol. The SMILES string of the molecule is C=C(CN1CCC(OC)CC1CN)c1ccccc1. The maximum absolute atomic E-state index is 5.90. The normalized spacial score (nSPS) is 24.3. The molecule has 2 rings (SSSR count). The van der Waals surface area contributed by atoms with Crippen molar-refractivity contribution >= 4 is 5.57 Å². The van der Waals surface area contributed by atoms with Gasteiger partial charge in [0.25, 0.3) is 0 Å². The third-order valence-corrected chi connectivity index (χ3v) is 3.97. The largest absolute Gasteiger partial charge is 0.381 e. The van der Waals surface area contributed by atoms with E-state index in [1.54, 1.807) is 7.11 Å². The maximum Gasteiger partial charge on any atom is 0.0599 e. The summed E-state index contributed by atoms with van der Waals surface area (Å²) in [5, 5.41) is 0. The molecule has 0 aliphatic carbocycles. The molecule has 1 aromatic carbocycles. The van der Waals surface area contributed by atoms with Crippen LogP contribution in [0.15, 0.2) is 36.9 Å². The molecule has 0 radical (unpaired) electrons. The zero-order valence-electron chi connectivity index (χ0n) is 11.7. The molecule has 1 saturated heterocycles. The van der Waals surface area contributed by atoms with Gasteiger partial charge >= 0.3 is 0 Å². The van der Waals surface area contributed by atoms with Crippen LogP contribution in [-0.2, 0) is 4.74 Å². The number of nitrogens with two attached hydrogens (primary N) is 1. The summed E-state index contributed by atoms with van der Waals surface area (Å²) in [6.45, 7) is 6.82. The Hall–Kier alpha value is -1.16. The number of piperidine rings is 1. The molecule has 1 aromatic rings. The van der Waals surface area contributed by atoms with Crippen molar-refractivity contribution in [3.8, 4) is 0 Å². The van der Waals surface area contributed by atoms with E-state index < -0.39 is 0 Å². The van der Waals surface area contributed by atoms with Gasteiger partial charge in [0.05, 0.1) is 6.10 Å². The molecule has 1 aliphatic rings. The van der Waals surface area contributed by atoms with Gasteiger partial charge in [0, 0.05) is 32.8 Å². The minimum Gasteiger partial charge on any atom is -0.381 e. The molecule has 1 heterocycles. The first kappa shape index (κ1) is 14.3. The Labute approximate surface area is 116 Å². The number of hydrogen-bond donors (Lipinski definition) is 1. The summed E-state index contributed by atoms with van der Waals surface area (Å²) in [5.74, 6) is 0. The topological polar surface area (TPSA) is 38.5 Å². The summed E-state index contributed by atoms with van der Waals surface area (Å²) in [7, 11) is 1.79. The van der Waals surface area contributed by atoms with E-state index in [0.29, 0.717) is 18.7 Å². The number of benzene rings is 1. The third-order valence-electron chi connectivity index (χ3n) is 3.97. The summed E-state index contributed by atoms with van der Waals surface area (Å²) >= 11 is 0. The summed E-state index contributed by atoms with van der Waals surface area (Å²) in [4.78, 5) is 2.44. The van der Waals surface area contributed by atoms with E-state index in [1.807, 2.05) is 6.07 Å². The van der Waals surface area contributed by atoms with Crippen molar-refractivity contribution in [2.24, 2.45) is 5.73 Å². The standard InChI is InChI=1S/C16H24N2O/c1-13(14-6-4-3-5-7-14)12-18-9-8-16(19-2)10-15(18)11-17/h3-7,15-16H,1,8-12,17H2,2H3. The van der Waals surface area contributed by atoms with Gasteiger partial charge in [-0.25, -0.2) is 0 Å². The number of nitrogens with zero attached hydrogens (tertiary/aromatic N) is 1. The highest BCUT2D eigenvalue weighted by atomic mass is 16.5. The van der Waals surface area contributed by atoms with Crippen molar-refractivity contribution in [2.75, 3.05) is 26.7 Å². The minimum atomic E-state index is 0.356. The van der Waals surface area contributed by atoms with Gasteiger partial charge in [0.2, 0.25) is 0 Å². The Morgan fingerprint density at radius 1 is 1.42 bits per heavy atom. The highest BCUT2D eigenvalue weighted by molar-refractivity contribution is 5.64. The fraction of sp³-hybridized carbons (Fsp3) is 0.500. The smallest absolute Gasteiger partial charge is 0.0599 e. The third kappa shape index (κ3) is 3.66. The molecule has 0 spiro atoms. The molecule has 0 saturated carbocycles. The molecular weight excluding hydrogens is 236 g/mol. The molecular formula is C16H24N2O. The Bertz CT molecular complexity index is 404. The molecule has 3 nitrogen and oxygen atoms in total. The molecule has 0 aromatic heterocycles. The Morgan fingerprint density at radius 2 is 2.16 bits per heavy atom. The van der Waals surface area contributed by atoms with E-state index >= 15 is 0 Å². The van der Waals surface area contributed by atoms with E-state index in [2.05, 4.69) is 35.7 Å². The van der Waals surface area contributed by atoms with E-state index in [-0.39, 0.29) is 0 Å². The van der Waals surface area contributed by atoms with Crippen molar-refractivity contribution < 1.29 is 4.74 Å². The maximum atomic E-state index is 5.90. The van der Waals surface area contributed by atoms with Crippen molar-refractivity contribution in [1.29, 1.82) is 0 Å². The highest BCUT2D eigenvalue weighted by Crippen LogP contribution is 2.22. The number of ether oxygens (including phenoxy) is 1. The van der Waals surface area contributed by atoms with E-state index in [4.69, 9.17) is 10.5 Å². The molecule has 2 N–H and O–H groups in total. The molecule has 104 valence electrons. The van der Waals surface area contributed by atoms with Crippen molar-refractivity contribution in [3.63, 3.8) is 0 Å². The van der Waals surface area contributed by atoms with E-state index in [1.165, 1.54) is 5.56 Å². The summed E-state index contributed by atoms with van der Waals surface area (Å²) < 4.78 is 5.46. The van der Waals surface area contributed by atoms with Crippen LogP contribution in [-0.4, -0.2) is 43.8 Å². The Morgan fingerprint density at radius 3 is 2.79 bits per heavy atom. The number of methoxy groups -OCH3 is 1. The first-order chi connectivity index (χ1) is 9.24. The lowest BCUT2D eigenvalue weighted by Crippen LogP contribution is -2.48. The van der Waals surface area contributed by atoms with Crippen molar-refractivity contribution in [1.82, 2.24) is 4.90 Å². The monoisotopic (exact) mass is 260 g/mol. The molecule has 2 atom stereocenters. The molecule has 1 fully saturated rings. The first-order valence-corrected chi connectivity index (χ1v) is 6.94. The lowest BCUT2D eigenvalue weighted by molar-refractivity contribution is 0.0185. The van der Waals surface area contributed by atoms with Gasteiger partial charge in [-0.2, -0.15) is 0 Å². The fourth-order valence-corrected chi connectivity index (χ4v) is 2.74. The predicted octanol–water partition coefficient (Wildman–Crippen LogP) is 2.14. The van der Waals surface area contributed by atoms with Gasteiger partial charge in [0.1, 0.15) is 0 Å². The van der Waals surface area contributed by atoms with Gasteiger partial charge in [-0.05, 0) is 24.0 Å². The molecule has 19 heavy (non-hydrogen) atoms. The second-order valence-corrected chi connectivity index (χ2v) is 5.21. The minimum absolute atomic E-state index is 0.356. The van der Waals surface area contributed by atoms with Crippen LogP contribution in [0.2, 0.25) is 0 Å². The van der Waals surface area contributed by atoms with Crippen LogP contribution < -0.4 is 5.73 Å². The predicted molar refractivity (Wildman–Crippen MR) is 79.9 cm³/mol. The van der Waals surface area contributed by atoms with Crippen molar-refractivity contribution in [3.05, 3.63) is 42.5 Å². The lowest BCUT2D eigenvalue weighted by Gasteiger charge is -2.38. The van der Waals surface area contributed by atoms with E-state index in [0.717, 1.165) is 31.5 Å². The summed E-state index contributed by atoms with van der Waals surface area (Å²) in [6.07, 6.45) is 2.46. The van der Waals surface area contributed by atoms with Crippen molar-refractivity contribution in [2.45, 2.75) is 25.0 Å². The van der Waals surface area contributed by atoms with Crippen LogP contribution in [0, 0.1) is 0 Å². The Balaban J connectivity index is 1.96. The summed E-state index contributed by atoms with van der Waals surface area (Å²) in [5.41, 5.74) is 8.27. The van der Waals surface area contributed by atoms with Crippen LogP contribution in [0.3, 0.4) is 0 Å². The molecule has 2 unspecified atom stereocenters. The Kier molecular flexibility index (Phi) is 5.14. The number of hydrogen-bond acceptors (Lipinski definition) is 3. The average Bonchev–Trinajstić information content (AvgIpc) is 2.48. The quantitative estimate of drug-likeness (QED) is 0.881. The van der Waals surface area contributed by atoms with Crippen LogP contribution in [0.5, 0.6) is 0 Å². The zero-order chi connectivity index (χ0) is 13.7. The van der Waals surface area contributed by atoms with Gasteiger partial charge < -0.3 is 10.5 Å². The van der Waals surface area contributed by atoms with Crippen LogP contribution >= 0.6 is 0 Å². The molecule has 0 amide bonds. The van der Waals surface area contributed by atoms with Crippen LogP contribution in [0.25, 0.3) is 5.57 Å². The van der Waals surface area contributed by atoms with Crippen LogP contribution in [0.4, 0.5) is 0 Å². The number of rotatable bonds is 5. The first-order valence-electron chi connectivity index (χ1n) is 6.94. The van der Waals surface area contributed by atoms with Crippen LogP contribution in [0.1, 0.15) is 18.4 Å². The highest BCUT2D eigenvalue weighted by Gasteiger charge is 2.27. The van der Waals surface area contributed by atoms with Gasteiger partial charge in [0.15, 0.2) is 0 Å². The van der Waals surface area contributed by atoms with Gasteiger partial charge in [-0.1, -0.05) is 36.9 Å². The second kappa shape index (κ2) is 6.85. The molecule has 0 bridgehead atoms. The second-order valence-electron chi connectivity index (χ2n) is 5.21.